The highest BCUT2D eigenvalue weighted by Crippen LogP contribution is 2.39. The quantitative estimate of drug-likeness (QED) is 0.707. The van der Waals surface area contributed by atoms with E-state index in [9.17, 15) is 9.18 Å². The largest absolute Gasteiger partial charge is 0.497 e. The molecule has 1 atom stereocenters. The molecule has 7 heteroatoms. The van der Waals surface area contributed by atoms with Crippen molar-refractivity contribution in [1.82, 2.24) is 10.2 Å². The summed E-state index contributed by atoms with van der Waals surface area (Å²) >= 11 is 0. The molecule has 2 saturated heterocycles. The van der Waals surface area contributed by atoms with Crippen molar-refractivity contribution in [2.24, 2.45) is 0 Å². The van der Waals surface area contributed by atoms with Crippen molar-refractivity contribution in [3.8, 4) is 11.5 Å². The average molecular weight is 443 g/mol. The van der Waals surface area contributed by atoms with Crippen LogP contribution in [0.3, 0.4) is 0 Å². The van der Waals surface area contributed by atoms with Crippen LogP contribution in [0.15, 0.2) is 42.5 Å². The Labute approximate surface area is 188 Å². The van der Waals surface area contributed by atoms with Crippen LogP contribution in [0.5, 0.6) is 11.5 Å². The van der Waals surface area contributed by atoms with E-state index >= 15 is 0 Å². The molecule has 0 radical (unpaired) electrons. The van der Waals surface area contributed by atoms with Crippen LogP contribution in [0.1, 0.15) is 42.9 Å². The van der Waals surface area contributed by atoms with Crippen molar-refractivity contribution in [3.05, 3.63) is 59.4 Å². The van der Waals surface area contributed by atoms with E-state index in [-0.39, 0.29) is 24.3 Å². The van der Waals surface area contributed by atoms with Gasteiger partial charge in [0.25, 0.3) is 0 Å². The van der Waals surface area contributed by atoms with E-state index in [4.69, 9.17) is 14.2 Å². The average Bonchev–Trinajstić information content (AvgIpc) is 3.33. The number of carbonyl (C=O) groups is 1. The number of nitrogens with one attached hydrogen (secondary N) is 1. The molecular weight excluding hydrogens is 411 g/mol. The smallest absolute Gasteiger partial charge is 0.237 e. The van der Waals surface area contributed by atoms with E-state index in [0.29, 0.717) is 19.8 Å². The zero-order chi connectivity index (χ0) is 22.6. The SMILES string of the molecule is COc1ccc(C2CCCN2C(=O)CNC2(c3ccc(F)cc3)CCOCC2)c(OC)c1. The molecule has 1 N–H and O–H groups in total. The molecule has 2 aliphatic heterocycles. The minimum atomic E-state index is -0.394. The van der Waals surface area contributed by atoms with Gasteiger partial charge in [-0.25, -0.2) is 4.39 Å². The van der Waals surface area contributed by atoms with Gasteiger partial charge in [0.1, 0.15) is 17.3 Å². The van der Waals surface area contributed by atoms with Crippen molar-refractivity contribution < 1.29 is 23.4 Å². The van der Waals surface area contributed by atoms with Gasteiger partial charge in [0, 0.05) is 36.9 Å². The summed E-state index contributed by atoms with van der Waals surface area (Å²) in [7, 11) is 3.26. The van der Waals surface area contributed by atoms with Crippen LogP contribution < -0.4 is 14.8 Å². The van der Waals surface area contributed by atoms with Crippen molar-refractivity contribution in [1.29, 1.82) is 0 Å². The third-order valence-corrected chi connectivity index (χ3v) is 6.69. The van der Waals surface area contributed by atoms with Gasteiger partial charge < -0.3 is 19.1 Å². The number of amides is 1. The highest BCUT2D eigenvalue weighted by atomic mass is 19.1. The molecule has 2 fully saturated rings. The maximum atomic E-state index is 13.5. The number of ether oxygens (including phenoxy) is 3. The van der Waals surface area contributed by atoms with E-state index in [1.807, 2.05) is 23.1 Å². The molecule has 1 amide bonds. The summed E-state index contributed by atoms with van der Waals surface area (Å²) in [6.07, 6.45) is 3.32. The van der Waals surface area contributed by atoms with E-state index in [0.717, 1.165) is 48.3 Å². The number of likely N-dealkylation sites (tertiary alicyclic amines) is 1. The Kier molecular flexibility index (Phi) is 6.96. The van der Waals surface area contributed by atoms with Crippen LogP contribution in [-0.2, 0) is 15.1 Å². The summed E-state index contributed by atoms with van der Waals surface area (Å²) < 4.78 is 29.9. The summed E-state index contributed by atoms with van der Waals surface area (Å²) in [6, 6.07) is 12.3. The van der Waals surface area contributed by atoms with Crippen LogP contribution in [-0.4, -0.2) is 51.3 Å². The minimum absolute atomic E-state index is 0.0263. The topological polar surface area (TPSA) is 60.0 Å². The molecule has 0 aliphatic carbocycles. The number of rotatable bonds is 7. The van der Waals surface area contributed by atoms with E-state index in [1.54, 1.807) is 26.4 Å². The van der Waals surface area contributed by atoms with Gasteiger partial charge in [-0.1, -0.05) is 12.1 Å². The minimum Gasteiger partial charge on any atom is -0.497 e. The number of benzene rings is 2. The summed E-state index contributed by atoms with van der Waals surface area (Å²) in [5.41, 5.74) is 1.59. The summed E-state index contributed by atoms with van der Waals surface area (Å²) in [5, 5.41) is 3.52. The summed E-state index contributed by atoms with van der Waals surface area (Å²) in [4.78, 5) is 15.3. The van der Waals surface area contributed by atoms with Crippen molar-refractivity contribution >= 4 is 5.91 Å². The molecule has 4 rings (SSSR count). The fourth-order valence-electron chi connectivity index (χ4n) is 4.88. The van der Waals surface area contributed by atoms with Crippen LogP contribution in [0.2, 0.25) is 0 Å². The highest BCUT2D eigenvalue weighted by Gasteiger charge is 2.37. The van der Waals surface area contributed by atoms with Gasteiger partial charge in [-0.05, 0) is 55.5 Å². The fourth-order valence-corrected chi connectivity index (χ4v) is 4.88. The second kappa shape index (κ2) is 9.88. The lowest BCUT2D eigenvalue weighted by Crippen LogP contribution is -2.50. The van der Waals surface area contributed by atoms with Crippen LogP contribution in [0, 0.1) is 5.82 Å². The second-order valence-corrected chi connectivity index (χ2v) is 8.41. The van der Waals surface area contributed by atoms with Gasteiger partial charge in [0.2, 0.25) is 5.91 Å². The molecule has 2 aromatic rings. The molecule has 32 heavy (non-hydrogen) atoms. The lowest BCUT2D eigenvalue weighted by molar-refractivity contribution is -0.131. The van der Waals surface area contributed by atoms with Crippen molar-refractivity contribution in [2.75, 3.05) is 40.5 Å². The van der Waals surface area contributed by atoms with Crippen molar-refractivity contribution in [2.45, 2.75) is 37.3 Å². The highest BCUT2D eigenvalue weighted by molar-refractivity contribution is 5.79. The first-order chi connectivity index (χ1) is 15.6. The first kappa shape index (κ1) is 22.6. The lowest BCUT2D eigenvalue weighted by atomic mass is 9.82. The third-order valence-electron chi connectivity index (χ3n) is 6.69. The lowest BCUT2D eigenvalue weighted by Gasteiger charge is -2.39. The molecule has 0 aromatic heterocycles. The zero-order valence-corrected chi connectivity index (χ0v) is 18.7. The number of hydrogen-bond donors (Lipinski definition) is 1. The third kappa shape index (κ3) is 4.59. The molecule has 0 saturated carbocycles. The molecule has 2 heterocycles. The molecule has 2 aliphatic rings. The van der Waals surface area contributed by atoms with Crippen LogP contribution in [0.4, 0.5) is 4.39 Å². The molecule has 1 unspecified atom stereocenters. The maximum Gasteiger partial charge on any atom is 0.237 e. The Morgan fingerprint density at radius 2 is 1.91 bits per heavy atom. The van der Waals surface area contributed by atoms with Gasteiger partial charge in [0.15, 0.2) is 0 Å². The number of hydrogen-bond acceptors (Lipinski definition) is 5. The van der Waals surface area contributed by atoms with Crippen LogP contribution in [0.25, 0.3) is 0 Å². The van der Waals surface area contributed by atoms with Crippen LogP contribution >= 0.6 is 0 Å². The van der Waals surface area contributed by atoms with Crippen molar-refractivity contribution in [3.63, 3.8) is 0 Å². The Balaban J connectivity index is 1.50. The van der Waals surface area contributed by atoms with Gasteiger partial charge >= 0.3 is 0 Å². The summed E-state index contributed by atoms with van der Waals surface area (Å²) in [5.74, 6) is 1.25. The first-order valence-corrected chi connectivity index (χ1v) is 11.2. The molecular formula is C25H31FN2O4. The predicted molar refractivity (Wildman–Crippen MR) is 119 cm³/mol. The molecule has 6 nitrogen and oxygen atoms in total. The summed E-state index contributed by atoms with van der Waals surface area (Å²) in [6.45, 7) is 2.14. The van der Waals surface area contributed by atoms with Gasteiger partial charge in [-0.15, -0.1) is 0 Å². The number of nitrogens with zero attached hydrogens (tertiary/aromatic N) is 1. The number of carbonyl (C=O) groups excluding carboxylic acids is 1. The molecule has 0 spiro atoms. The zero-order valence-electron chi connectivity index (χ0n) is 18.7. The van der Waals surface area contributed by atoms with E-state index in [2.05, 4.69) is 5.32 Å². The normalized spacial score (nSPS) is 20.2. The Bertz CT molecular complexity index is 928. The first-order valence-electron chi connectivity index (χ1n) is 11.2. The molecule has 172 valence electrons. The van der Waals surface area contributed by atoms with E-state index in [1.165, 1.54) is 12.1 Å². The van der Waals surface area contributed by atoms with Gasteiger partial charge in [-0.3, -0.25) is 10.1 Å². The maximum absolute atomic E-state index is 13.5. The molecule has 2 aromatic carbocycles. The van der Waals surface area contributed by atoms with Gasteiger partial charge in [-0.2, -0.15) is 0 Å². The molecule has 0 bridgehead atoms. The Morgan fingerprint density at radius 3 is 2.59 bits per heavy atom. The fraction of sp³-hybridized carbons (Fsp3) is 0.480. The predicted octanol–water partition coefficient (Wildman–Crippen LogP) is 3.80. The van der Waals surface area contributed by atoms with E-state index < -0.39 is 5.54 Å². The number of methoxy groups -OCH3 is 2. The van der Waals surface area contributed by atoms with Gasteiger partial charge in [0.05, 0.1) is 26.8 Å². The monoisotopic (exact) mass is 442 g/mol. The Hall–Kier alpha value is -2.64. The Morgan fingerprint density at radius 1 is 1.16 bits per heavy atom. The standard InChI is InChI=1S/C25H31FN2O4/c1-30-20-9-10-21(23(16-20)31-2)22-4-3-13-28(22)24(29)17-27-25(11-14-32-15-12-25)18-5-7-19(26)8-6-18/h5-10,16,22,27H,3-4,11-15,17H2,1-2H3. The number of halogens is 1. The second-order valence-electron chi connectivity index (χ2n) is 8.41.